The van der Waals surface area contributed by atoms with Crippen LogP contribution in [0.5, 0.6) is 5.75 Å². The quantitative estimate of drug-likeness (QED) is 0.449. The summed E-state index contributed by atoms with van der Waals surface area (Å²) in [7, 11) is -3.80. The highest BCUT2D eigenvalue weighted by molar-refractivity contribution is 7.88. The largest absolute Gasteiger partial charge is 0.381 e. The van der Waals surface area contributed by atoms with Crippen LogP contribution < -0.4 is 4.18 Å². The van der Waals surface area contributed by atoms with Crippen LogP contribution in [0.1, 0.15) is 10.4 Å². The molecule has 6 heteroatoms. The van der Waals surface area contributed by atoms with E-state index in [-0.39, 0.29) is 11.3 Å². The van der Waals surface area contributed by atoms with Gasteiger partial charge in [0.2, 0.25) is 0 Å². The molecule has 4 nitrogen and oxygen atoms in total. The van der Waals surface area contributed by atoms with Crippen LogP contribution in [0.4, 0.5) is 0 Å². The molecule has 0 heterocycles. The van der Waals surface area contributed by atoms with Crippen LogP contribution >= 0.6 is 11.6 Å². The van der Waals surface area contributed by atoms with E-state index < -0.39 is 15.3 Å². The number of para-hydroxylation sites is 1. The van der Waals surface area contributed by atoms with Crippen LogP contribution in [0.2, 0.25) is 0 Å². The fourth-order valence-corrected chi connectivity index (χ4v) is 1.42. The van der Waals surface area contributed by atoms with E-state index in [1.165, 1.54) is 12.1 Å². The standard InChI is InChI=1S/C8H7ClO4S/c9-6-14(11,12)13-8-4-2-1-3-7(8)5-10/h1-5H,6H2. The first-order valence-electron chi connectivity index (χ1n) is 3.61. The Balaban J connectivity index is 3.03. The van der Waals surface area contributed by atoms with Gasteiger partial charge in [0.05, 0.1) is 5.56 Å². The molecule has 0 unspecified atom stereocenters. The Kier molecular flexibility index (Phi) is 3.49. The van der Waals surface area contributed by atoms with Gasteiger partial charge < -0.3 is 4.18 Å². The third-order valence-electron chi connectivity index (χ3n) is 1.40. The highest BCUT2D eigenvalue weighted by Crippen LogP contribution is 2.18. The molecule has 0 aliphatic rings. The Morgan fingerprint density at radius 1 is 1.36 bits per heavy atom. The maximum Gasteiger partial charge on any atom is 0.323 e. The minimum atomic E-state index is -3.80. The van der Waals surface area contributed by atoms with Crippen molar-refractivity contribution in [3.63, 3.8) is 0 Å². The van der Waals surface area contributed by atoms with Gasteiger partial charge in [0.15, 0.2) is 17.2 Å². The topological polar surface area (TPSA) is 60.4 Å². The lowest BCUT2D eigenvalue weighted by Gasteiger charge is -2.05. The molecular weight excluding hydrogens is 228 g/mol. The molecule has 0 spiro atoms. The van der Waals surface area contributed by atoms with Crippen molar-refractivity contribution in [3.05, 3.63) is 29.8 Å². The summed E-state index contributed by atoms with van der Waals surface area (Å²) in [5.41, 5.74) is 0.168. The molecule has 0 amide bonds. The van der Waals surface area contributed by atoms with Gasteiger partial charge in [-0.2, -0.15) is 8.42 Å². The second-order valence-corrected chi connectivity index (χ2v) is 4.56. The zero-order chi connectivity index (χ0) is 10.6. The lowest BCUT2D eigenvalue weighted by atomic mass is 10.2. The van der Waals surface area contributed by atoms with Crippen molar-refractivity contribution in [2.45, 2.75) is 0 Å². The first kappa shape index (κ1) is 11.0. The molecule has 14 heavy (non-hydrogen) atoms. The van der Waals surface area contributed by atoms with Crippen LogP contribution in [-0.2, 0) is 10.1 Å². The highest BCUT2D eigenvalue weighted by Gasteiger charge is 2.12. The number of aldehydes is 1. The van der Waals surface area contributed by atoms with E-state index in [0.717, 1.165) is 0 Å². The number of carbonyl (C=O) groups excluding carboxylic acids is 1. The Labute approximate surface area is 86.6 Å². The van der Waals surface area contributed by atoms with Crippen LogP contribution in [0.3, 0.4) is 0 Å². The Morgan fingerprint density at radius 3 is 2.57 bits per heavy atom. The molecule has 1 aromatic rings. The Morgan fingerprint density at radius 2 is 2.00 bits per heavy atom. The van der Waals surface area contributed by atoms with E-state index in [0.29, 0.717) is 6.29 Å². The smallest absolute Gasteiger partial charge is 0.323 e. The second kappa shape index (κ2) is 4.43. The van der Waals surface area contributed by atoms with Crippen molar-refractivity contribution in [2.75, 3.05) is 5.21 Å². The monoisotopic (exact) mass is 234 g/mol. The van der Waals surface area contributed by atoms with Gasteiger partial charge in [-0.3, -0.25) is 4.79 Å². The summed E-state index contributed by atoms with van der Waals surface area (Å²) in [6.45, 7) is 0. The van der Waals surface area contributed by atoms with E-state index in [4.69, 9.17) is 11.6 Å². The predicted octanol–water partition coefficient (Wildman–Crippen LogP) is 1.40. The third kappa shape index (κ3) is 2.71. The van der Waals surface area contributed by atoms with E-state index in [2.05, 4.69) is 4.18 Å². The summed E-state index contributed by atoms with van der Waals surface area (Å²) in [6, 6.07) is 6.00. The lowest BCUT2D eigenvalue weighted by Crippen LogP contribution is -2.11. The van der Waals surface area contributed by atoms with Crippen LogP contribution in [0, 0.1) is 0 Å². The minimum absolute atomic E-state index is 0.0110. The fraction of sp³-hybridized carbons (Fsp3) is 0.125. The number of hydrogen-bond donors (Lipinski definition) is 0. The Bertz CT molecular complexity index is 427. The third-order valence-corrected chi connectivity index (χ3v) is 2.90. The van der Waals surface area contributed by atoms with Crippen LogP contribution in [0.15, 0.2) is 24.3 Å². The van der Waals surface area contributed by atoms with E-state index >= 15 is 0 Å². The molecule has 0 radical (unpaired) electrons. The van der Waals surface area contributed by atoms with E-state index in [1.54, 1.807) is 12.1 Å². The van der Waals surface area contributed by atoms with Gasteiger partial charge in [0.25, 0.3) is 0 Å². The summed E-state index contributed by atoms with van der Waals surface area (Å²) in [4.78, 5) is 10.5. The lowest BCUT2D eigenvalue weighted by molar-refractivity contribution is 0.112. The van der Waals surface area contributed by atoms with Crippen molar-refractivity contribution in [1.29, 1.82) is 0 Å². The van der Waals surface area contributed by atoms with Crippen LogP contribution in [-0.4, -0.2) is 19.9 Å². The molecule has 0 saturated heterocycles. The van der Waals surface area contributed by atoms with Crippen molar-refractivity contribution in [2.24, 2.45) is 0 Å². The second-order valence-electron chi connectivity index (χ2n) is 2.41. The van der Waals surface area contributed by atoms with E-state index in [1.807, 2.05) is 0 Å². The van der Waals surface area contributed by atoms with Crippen molar-refractivity contribution in [1.82, 2.24) is 0 Å². The van der Waals surface area contributed by atoms with Gasteiger partial charge in [0, 0.05) is 0 Å². The van der Waals surface area contributed by atoms with Gasteiger partial charge in [-0.15, -0.1) is 11.6 Å². The number of alkyl halides is 1. The molecule has 0 N–H and O–H groups in total. The normalized spacial score (nSPS) is 10.9. The molecule has 0 bridgehead atoms. The molecule has 1 rings (SSSR count). The molecule has 76 valence electrons. The summed E-state index contributed by atoms with van der Waals surface area (Å²) in [5.74, 6) is -0.0110. The molecule has 0 aliphatic carbocycles. The first-order chi connectivity index (χ1) is 6.59. The average Bonchev–Trinajstić information content (AvgIpc) is 2.18. The number of carbonyl (C=O) groups is 1. The molecule has 1 aromatic carbocycles. The zero-order valence-electron chi connectivity index (χ0n) is 7.01. The van der Waals surface area contributed by atoms with Crippen molar-refractivity contribution in [3.8, 4) is 5.75 Å². The van der Waals surface area contributed by atoms with Gasteiger partial charge >= 0.3 is 10.1 Å². The summed E-state index contributed by atoms with van der Waals surface area (Å²) in [6.07, 6.45) is 0.513. The molecule has 0 aromatic heterocycles. The van der Waals surface area contributed by atoms with Gasteiger partial charge in [0.1, 0.15) is 0 Å². The van der Waals surface area contributed by atoms with Crippen molar-refractivity contribution < 1.29 is 17.4 Å². The summed E-state index contributed by atoms with van der Waals surface area (Å²) >= 11 is 5.14. The number of benzene rings is 1. The maximum atomic E-state index is 11.0. The molecule has 0 saturated carbocycles. The molecule has 0 atom stereocenters. The first-order valence-corrected chi connectivity index (χ1v) is 5.72. The Hall–Kier alpha value is -1.07. The minimum Gasteiger partial charge on any atom is -0.381 e. The number of halogens is 1. The van der Waals surface area contributed by atoms with Gasteiger partial charge in [-0.05, 0) is 12.1 Å². The zero-order valence-corrected chi connectivity index (χ0v) is 8.59. The number of rotatable bonds is 4. The fourth-order valence-electron chi connectivity index (χ4n) is 0.813. The van der Waals surface area contributed by atoms with Crippen LogP contribution in [0.25, 0.3) is 0 Å². The molecular formula is C8H7ClO4S. The van der Waals surface area contributed by atoms with Gasteiger partial charge in [-0.25, -0.2) is 0 Å². The van der Waals surface area contributed by atoms with Crippen molar-refractivity contribution >= 4 is 28.0 Å². The molecule has 0 fully saturated rings. The SMILES string of the molecule is O=Cc1ccccc1OS(=O)(=O)CCl. The highest BCUT2D eigenvalue weighted by atomic mass is 35.5. The summed E-state index contributed by atoms with van der Waals surface area (Å²) in [5, 5.41) is -0.653. The van der Waals surface area contributed by atoms with Gasteiger partial charge in [-0.1, -0.05) is 12.1 Å². The average molecular weight is 235 g/mol. The number of hydrogen-bond acceptors (Lipinski definition) is 4. The van der Waals surface area contributed by atoms with E-state index in [9.17, 15) is 13.2 Å². The maximum absolute atomic E-state index is 11.0. The predicted molar refractivity (Wildman–Crippen MR) is 52.1 cm³/mol. The summed E-state index contributed by atoms with van der Waals surface area (Å²) < 4.78 is 26.5. The molecule has 0 aliphatic heterocycles.